The summed E-state index contributed by atoms with van der Waals surface area (Å²) in [5, 5.41) is 11.9. The lowest BCUT2D eigenvalue weighted by Gasteiger charge is -2.10. The molecule has 0 aliphatic heterocycles. The first-order valence-corrected chi connectivity index (χ1v) is 6.96. The number of hydrogen-bond acceptors (Lipinski definition) is 4. The fourth-order valence-electron chi connectivity index (χ4n) is 1.96. The molecule has 0 aliphatic rings. The van der Waals surface area contributed by atoms with Crippen molar-refractivity contribution in [1.29, 1.82) is 5.26 Å². The van der Waals surface area contributed by atoms with Gasteiger partial charge in [-0.2, -0.15) is 5.26 Å². The van der Waals surface area contributed by atoms with Crippen molar-refractivity contribution >= 4 is 11.6 Å². The first kappa shape index (κ1) is 15.4. The Kier molecular flexibility index (Phi) is 5.38. The molecule has 5 nitrogen and oxygen atoms in total. The highest BCUT2D eigenvalue weighted by Crippen LogP contribution is 2.14. The predicted molar refractivity (Wildman–Crippen MR) is 84.7 cm³/mol. The fraction of sp³-hybridized carbons (Fsp3) is 0.176. The molecule has 2 aromatic rings. The van der Waals surface area contributed by atoms with Crippen molar-refractivity contribution < 1.29 is 9.53 Å². The second-order valence-electron chi connectivity index (χ2n) is 4.67. The molecule has 22 heavy (non-hydrogen) atoms. The molecule has 0 aliphatic carbocycles. The predicted octanol–water partition coefficient (Wildman–Crippen LogP) is 2.54. The summed E-state index contributed by atoms with van der Waals surface area (Å²) >= 11 is 0. The molecule has 0 bridgehead atoms. The van der Waals surface area contributed by atoms with E-state index in [-0.39, 0.29) is 0 Å². The number of para-hydroxylation sites is 1. The maximum atomic E-state index is 11.3. The number of primary amides is 1. The molecule has 112 valence electrons. The van der Waals surface area contributed by atoms with E-state index >= 15 is 0 Å². The average molecular weight is 295 g/mol. The molecule has 0 spiro atoms. The maximum Gasteiger partial charge on any atom is 0.250 e. The van der Waals surface area contributed by atoms with E-state index in [0.717, 1.165) is 17.9 Å². The zero-order chi connectivity index (χ0) is 15.8. The number of benzene rings is 2. The molecule has 0 radical (unpaired) electrons. The number of rotatable bonds is 7. The standard InChI is InChI=1S/C17H17N3O2/c18-12-13-6-8-14(9-7-13)22-11-3-10-20-16-5-2-1-4-15(16)17(19)21/h1-2,4-9,20H,3,10-11H2,(H2,19,21). The van der Waals surface area contributed by atoms with Gasteiger partial charge in [0, 0.05) is 12.2 Å². The van der Waals surface area contributed by atoms with Crippen LogP contribution in [0.15, 0.2) is 48.5 Å². The van der Waals surface area contributed by atoms with Gasteiger partial charge in [-0.25, -0.2) is 0 Å². The number of anilines is 1. The number of nitrogens with two attached hydrogens (primary N) is 1. The van der Waals surface area contributed by atoms with Crippen LogP contribution in [0, 0.1) is 11.3 Å². The van der Waals surface area contributed by atoms with E-state index in [1.807, 2.05) is 12.1 Å². The number of amides is 1. The van der Waals surface area contributed by atoms with Crippen LogP contribution < -0.4 is 15.8 Å². The summed E-state index contributed by atoms with van der Waals surface area (Å²) in [6, 6.07) is 16.2. The lowest BCUT2D eigenvalue weighted by Crippen LogP contribution is -2.15. The minimum Gasteiger partial charge on any atom is -0.494 e. The van der Waals surface area contributed by atoms with Crippen LogP contribution in [0.3, 0.4) is 0 Å². The van der Waals surface area contributed by atoms with E-state index < -0.39 is 5.91 Å². The second kappa shape index (κ2) is 7.70. The normalized spacial score (nSPS) is 9.77. The number of ether oxygens (including phenoxy) is 1. The molecule has 0 unspecified atom stereocenters. The number of hydrogen-bond donors (Lipinski definition) is 2. The van der Waals surface area contributed by atoms with E-state index in [1.165, 1.54) is 0 Å². The lowest BCUT2D eigenvalue weighted by molar-refractivity contribution is 0.100. The van der Waals surface area contributed by atoms with Gasteiger partial charge in [-0.15, -0.1) is 0 Å². The van der Waals surface area contributed by atoms with Crippen LogP contribution in [0.25, 0.3) is 0 Å². The van der Waals surface area contributed by atoms with Crippen LogP contribution in [-0.2, 0) is 0 Å². The number of carbonyl (C=O) groups excluding carboxylic acids is 1. The van der Waals surface area contributed by atoms with Gasteiger partial charge in [0.25, 0.3) is 5.91 Å². The molecule has 0 atom stereocenters. The molecular formula is C17H17N3O2. The third-order valence-corrected chi connectivity index (χ3v) is 3.08. The molecule has 0 heterocycles. The van der Waals surface area contributed by atoms with E-state index in [9.17, 15) is 4.79 Å². The van der Waals surface area contributed by atoms with Crippen LogP contribution in [0.5, 0.6) is 5.75 Å². The van der Waals surface area contributed by atoms with Gasteiger partial charge in [-0.05, 0) is 42.8 Å². The summed E-state index contributed by atoms with van der Waals surface area (Å²) in [6.45, 7) is 1.21. The van der Waals surface area contributed by atoms with Crippen molar-refractivity contribution in [3.05, 3.63) is 59.7 Å². The van der Waals surface area contributed by atoms with E-state index in [1.54, 1.807) is 36.4 Å². The van der Waals surface area contributed by atoms with Crippen LogP contribution in [0.4, 0.5) is 5.69 Å². The summed E-state index contributed by atoms with van der Waals surface area (Å²) in [4.78, 5) is 11.3. The van der Waals surface area contributed by atoms with Gasteiger partial charge >= 0.3 is 0 Å². The zero-order valence-electron chi connectivity index (χ0n) is 12.1. The van der Waals surface area contributed by atoms with Crippen molar-refractivity contribution in [1.82, 2.24) is 0 Å². The largest absolute Gasteiger partial charge is 0.494 e. The smallest absolute Gasteiger partial charge is 0.250 e. The molecule has 2 rings (SSSR count). The van der Waals surface area contributed by atoms with Crippen molar-refractivity contribution in [3.63, 3.8) is 0 Å². The summed E-state index contributed by atoms with van der Waals surface area (Å²) in [7, 11) is 0. The minimum atomic E-state index is -0.447. The average Bonchev–Trinajstić information content (AvgIpc) is 2.55. The molecule has 5 heteroatoms. The molecule has 1 amide bonds. The summed E-state index contributed by atoms with van der Waals surface area (Å²) in [5.41, 5.74) is 7.14. The third kappa shape index (κ3) is 4.25. The summed E-state index contributed by atoms with van der Waals surface area (Å²) in [5.74, 6) is 0.286. The highest BCUT2D eigenvalue weighted by atomic mass is 16.5. The van der Waals surface area contributed by atoms with Crippen LogP contribution in [-0.4, -0.2) is 19.1 Å². The quantitative estimate of drug-likeness (QED) is 0.768. The van der Waals surface area contributed by atoms with Crippen LogP contribution >= 0.6 is 0 Å². The van der Waals surface area contributed by atoms with E-state index in [4.69, 9.17) is 15.7 Å². The first-order chi connectivity index (χ1) is 10.7. The van der Waals surface area contributed by atoms with Gasteiger partial charge in [-0.1, -0.05) is 12.1 Å². The molecule has 0 aromatic heterocycles. The Morgan fingerprint density at radius 3 is 2.59 bits per heavy atom. The van der Waals surface area contributed by atoms with Crippen LogP contribution in [0.2, 0.25) is 0 Å². The third-order valence-electron chi connectivity index (χ3n) is 3.08. The molecule has 3 N–H and O–H groups in total. The first-order valence-electron chi connectivity index (χ1n) is 6.96. The van der Waals surface area contributed by atoms with Crippen LogP contribution in [0.1, 0.15) is 22.3 Å². The maximum absolute atomic E-state index is 11.3. The Morgan fingerprint density at radius 1 is 1.18 bits per heavy atom. The zero-order valence-corrected chi connectivity index (χ0v) is 12.1. The Morgan fingerprint density at radius 2 is 1.91 bits per heavy atom. The number of nitriles is 1. The number of carbonyl (C=O) groups is 1. The van der Waals surface area contributed by atoms with Crippen molar-refractivity contribution in [2.45, 2.75) is 6.42 Å². The van der Waals surface area contributed by atoms with Gasteiger partial charge in [0.15, 0.2) is 0 Å². The van der Waals surface area contributed by atoms with Gasteiger partial charge < -0.3 is 15.8 Å². The lowest BCUT2D eigenvalue weighted by atomic mass is 10.1. The summed E-state index contributed by atoms with van der Waals surface area (Å²) in [6.07, 6.45) is 0.771. The van der Waals surface area contributed by atoms with Gasteiger partial charge in [0.1, 0.15) is 5.75 Å². The van der Waals surface area contributed by atoms with Gasteiger partial charge in [-0.3, -0.25) is 4.79 Å². The second-order valence-corrected chi connectivity index (χ2v) is 4.67. The van der Waals surface area contributed by atoms with Crippen molar-refractivity contribution in [3.8, 4) is 11.8 Å². The Labute approximate surface area is 129 Å². The highest BCUT2D eigenvalue weighted by molar-refractivity contribution is 5.98. The van der Waals surface area contributed by atoms with E-state index in [0.29, 0.717) is 24.3 Å². The number of nitrogens with zero attached hydrogens (tertiary/aromatic N) is 1. The molecule has 2 aromatic carbocycles. The summed E-state index contributed by atoms with van der Waals surface area (Å²) < 4.78 is 5.58. The molecule has 0 fully saturated rings. The fourth-order valence-corrected chi connectivity index (χ4v) is 1.96. The monoisotopic (exact) mass is 295 g/mol. The highest BCUT2D eigenvalue weighted by Gasteiger charge is 2.05. The topological polar surface area (TPSA) is 88.1 Å². The Balaban J connectivity index is 1.75. The molecule has 0 saturated carbocycles. The molecular weight excluding hydrogens is 278 g/mol. The Bertz CT molecular complexity index is 675. The SMILES string of the molecule is N#Cc1ccc(OCCCNc2ccccc2C(N)=O)cc1. The van der Waals surface area contributed by atoms with Gasteiger partial charge in [0.05, 0.1) is 23.8 Å². The molecule has 0 saturated heterocycles. The minimum absolute atomic E-state index is 0.447. The Hall–Kier alpha value is -3.00. The van der Waals surface area contributed by atoms with E-state index in [2.05, 4.69) is 11.4 Å². The van der Waals surface area contributed by atoms with Crippen molar-refractivity contribution in [2.24, 2.45) is 5.73 Å². The number of nitrogens with one attached hydrogen (secondary N) is 1. The van der Waals surface area contributed by atoms with Gasteiger partial charge in [0.2, 0.25) is 0 Å². The van der Waals surface area contributed by atoms with Crippen molar-refractivity contribution in [2.75, 3.05) is 18.5 Å².